The zero-order chi connectivity index (χ0) is 39.0. The van der Waals surface area contributed by atoms with E-state index in [9.17, 15) is 15.2 Å². The van der Waals surface area contributed by atoms with Crippen LogP contribution < -0.4 is 14.2 Å². The molecule has 55 heavy (non-hydrogen) atoms. The number of ether oxygens (including phenoxy) is 4. The van der Waals surface area contributed by atoms with Gasteiger partial charge in [-0.25, -0.2) is 0 Å². The van der Waals surface area contributed by atoms with E-state index in [1.54, 1.807) is 18.3 Å². The number of pyridine rings is 1. The number of nitrogens with zero attached hydrogens (tertiary/aromatic N) is 4. The molecule has 0 amide bonds. The van der Waals surface area contributed by atoms with Crippen LogP contribution in [0.4, 0.5) is 0 Å². The molecule has 0 saturated carbocycles. The second kappa shape index (κ2) is 18.5. The van der Waals surface area contributed by atoms with Crippen LogP contribution in [0.1, 0.15) is 66.8 Å². The Morgan fingerprint density at radius 1 is 0.982 bits per heavy atom. The van der Waals surface area contributed by atoms with Crippen LogP contribution in [0.2, 0.25) is 10.0 Å². The molecule has 10 nitrogen and oxygen atoms in total. The van der Waals surface area contributed by atoms with Crippen LogP contribution in [-0.4, -0.2) is 77.4 Å². The van der Waals surface area contributed by atoms with Gasteiger partial charge in [0.1, 0.15) is 42.1 Å². The lowest BCUT2D eigenvalue weighted by Gasteiger charge is -2.42. The van der Waals surface area contributed by atoms with Gasteiger partial charge in [0, 0.05) is 61.3 Å². The highest BCUT2D eigenvalue weighted by Gasteiger charge is 2.42. The molecule has 3 aromatic carbocycles. The number of nitriles is 1. The third-order valence-corrected chi connectivity index (χ3v) is 11.4. The van der Waals surface area contributed by atoms with Crippen molar-refractivity contribution in [3.05, 3.63) is 105 Å². The summed E-state index contributed by atoms with van der Waals surface area (Å²) in [7, 11) is 1.42. The Labute approximate surface area is 333 Å². The maximum atomic E-state index is 13.0. The molecule has 2 saturated heterocycles. The maximum Gasteiger partial charge on any atom is 0.325 e. The number of benzene rings is 3. The molecule has 0 bridgehead atoms. The molecule has 1 aromatic heterocycles. The van der Waals surface area contributed by atoms with Crippen molar-refractivity contribution in [2.45, 2.75) is 77.4 Å². The molecule has 1 N–H and O–H groups in total. The van der Waals surface area contributed by atoms with E-state index in [1.165, 1.54) is 13.3 Å². The molecular formula is C43H48Cl2N4O6. The minimum absolute atomic E-state index is 0.165. The van der Waals surface area contributed by atoms with Crippen molar-refractivity contribution >= 4 is 29.2 Å². The number of methoxy groups -OCH3 is 1. The van der Waals surface area contributed by atoms with Crippen molar-refractivity contribution in [2.24, 2.45) is 0 Å². The van der Waals surface area contributed by atoms with Crippen molar-refractivity contribution in [2.75, 3.05) is 39.9 Å². The summed E-state index contributed by atoms with van der Waals surface area (Å²) in [5.74, 6) is 1.35. The monoisotopic (exact) mass is 786 g/mol. The van der Waals surface area contributed by atoms with Crippen LogP contribution in [0.15, 0.2) is 67.0 Å². The van der Waals surface area contributed by atoms with Gasteiger partial charge in [-0.15, -0.1) is 0 Å². The lowest BCUT2D eigenvalue weighted by Crippen LogP contribution is -2.55. The predicted octanol–water partition coefficient (Wildman–Crippen LogP) is 8.15. The van der Waals surface area contributed by atoms with E-state index in [4.69, 9.17) is 42.1 Å². The Morgan fingerprint density at radius 2 is 1.78 bits per heavy atom. The van der Waals surface area contributed by atoms with E-state index in [0.717, 1.165) is 78.7 Å². The summed E-state index contributed by atoms with van der Waals surface area (Å²) in [6.45, 7) is 8.52. The summed E-state index contributed by atoms with van der Waals surface area (Å²) in [5, 5.41) is 20.1. The number of rotatable bonds is 15. The summed E-state index contributed by atoms with van der Waals surface area (Å²) < 4.78 is 24.1. The largest absolute Gasteiger partial charge is 0.492 e. The highest BCUT2D eigenvalue weighted by molar-refractivity contribution is 6.35. The highest BCUT2D eigenvalue weighted by atomic mass is 35.5. The van der Waals surface area contributed by atoms with Crippen LogP contribution in [-0.2, 0) is 29.3 Å². The summed E-state index contributed by atoms with van der Waals surface area (Å²) in [6.07, 6.45) is 7.17. The molecule has 3 heterocycles. The van der Waals surface area contributed by atoms with Crippen LogP contribution in [0.5, 0.6) is 17.2 Å². The number of piperidine rings is 1. The van der Waals surface area contributed by atoms with Gasteiger partial charge in [-0.05, 0) is 87.4 Å². The van der Waals surface area contributed by atoms with E-state index in [-0.39, 0.29) is 25.3 Å². The van der Waals surface area contributed by atoms with Gasteiger partial charge in [-0.2, -0.15) is 5.26 Å². The van der Waals surface area contributed by atoms with Gasteiger partial charge in [-0.1, -0.05) is 53.5 Å². The Kier molecular flexibility index (Phi) is 13.6. The lowest BCUT2D eigenvalue weighted by molar-refractivity contribution is -0.157. The van der Waals surface area contributed by atoms with Gasteiger partial charge < -0.3 is 29.0 Å². The molecule has 2 unspecified atom stereocenters. The van der Waals surface area contributed by atoms with E-state index >= 15 is 0 Å². The Morgan fingerprint density at radius 3 is 2.56 bits per heavy atom. The summed E-state index contributed by atoms with van der Waals surface area (Å²) in [6, 6.07) is 19.4. The summed E-state index contributed by atoms with van der Waals surface area (Å²) >= 11 is 13.9. The molecule has 12 heteroatoms. The summed E-state index contributed by atoms with van der Waals surface area (Å²) in [4.78, 5) is 21.5. The highest BCUT2D eigenvalue weighted by Crippen LogP contribution is 2.40. The number of aromatic nitrogens is 1. The first-order valence-electron chi connectivity index (χ1n) is 18.8. The molecule has 6 rings (SSSR count). The first kappa shape index (κ1) is 40.3. The van der Waals surface area contributed by atoms with E-state index < -0.39 is 5.54 Å². The molecule has 2 aliphatic heterocycles. The fraction of sp³-hybridized carbons (Fsp3) is 0.419. The predicted molar refractivity (Wildman–Crippen MR) is 213 cm³/mol. The van der Waals surface area contributed by atoms with Gasteiger partial charge in [0.25, 0.3) is 0 Å². The standard InChI is InChI=1S/C43H48Cl2N4O6/c1-29-32(9-6-10-35(29)36-11-7-12-38(41(36)45)53-18-8-15-48-17-13-34(50)26-48)28-55-40-21-39(54-27-31-19-30(22-46)23-47-24-31)33(20-37(40)44)25-49-16-5-4-14-43(49,2)42(51)52-3/h6-7,9-12,19-21,23-24,34,50H,4-5,8,13-18,25-28H2,1-3H3. The number of hydrogen-bond donors (Lipinski definition) is 1. The van der Waals surface area contributed by atoms with Crippen molar-refractivity contribution in [1.29, 1.82) is 5.26 Å². The van der Waals surface area contributed by atoms with Gasteiger partial charge in [-0.3, -0.25) is 14.7 Å². The number of esters is 1. The van der Waals surface area contributed by atoms with Crippen molar-refractivity contribution in [1.82, 2.24) is 14.8 Å². The third kappa shape index (κ3) is 9.72. The van der Waals surface area contributed by atoms with Gasteiger partial charge in [0.05, 0.1) is 35.4 Å². The minimum atomic E-state index is -0.785. The minimum Gasteiger partial charge on any atom is -0.492 e. The molecule has 0 spiro atoms. The molecule has 2 atom stereocenters. The van der Waals surface area contributed by atoms with E-state index in [0.29, 0.717) is 59.0 Å². The SMILES string of the molecule is COC(=O)C1(C)CCCCN1Cc1cc(Cl)c(OCc2cccc(-c3cccc(OCCCN4CCC(O)C4)c3Cl)c2C)cc1OCc1cncc(C#N)c1. The van der Waals surface area contributed by atoms with Crippen LogP contribution in [0.25, 0.3) is 11.1 Å². The number of β-amino-alcohol motifs (C(OH)–C–C–N with tert-alkyl or cyclic N) is 1. The zero-order valence-corrected chi connectivity index (χ0v) is 33.2. The number of halogens is 2. The fourth-order valence-corrected chi connectivity index (χ4v) is 7.95. The first-order chi connectivity index (χ1) is 26.6. The maximum absolute atomic E-state index is 13.0. The van der Waals surface area contributed by atoms with Crippen LogP contribution >= 0.6 is 23.2 Å². The lowest BCUT2D eigenvalue weighted by atomic mass is 9.88. The molecule has 0 radical (unpaired) electrons. The first-order valence-corrected chi connectivity index (χ1v) is 19.5. The van der Waals surface area contributed by atoms with Crippen molar-refractivity contribution < 1.29 is 28.8 Å². The Balaban J connectivity index is 1.20. The number of carbonyl (C=O) groups excluding carboxylic acids is 1. The average Bonchev–Trinajstić information content (AvgIpc) is 3.62. The second-order valence-electron chi connectivity index (χ2n) is 14.5. The van der Waals surface area contributed by atoms with E-state index in [1.807, 2.05) is 56.3 Å². The molecule has 290 valence electrons. The number of carbonyl (C=O) groups is 1. The average molecular weight is 788 g/mol. The fourth-order valence-electron chi connectivity index (χ4n) is 7.42. The zero-order valence-electron chi connectivity index (χ0n) is 31.7. The number of likely N-dealkylation sites (tertiary alicyclic amines) is 2. The molecule has 2 fully saturated rings. The second-order valence-corrected chi connectivity index (χ2v) is 15.2. The quantitative estimate of drug-likeness (QED) is 0.0935. The van der Waals surface area contributed by atoms with Gasteiger partial charge in [0.2, 0.25) is 0 Å². The van der Waals surface area contributed by atoms with Gasteiger partial charge in [0.15, 0.2) is 0 Å². The van der Waals surface area contributed by atoms with Crippen molar-refractivity contribution in [3.8, 4) is 34.4 Å². The molecule has 2 aliphatic rings. The van der Waals surface area contributed by atoms with Crippen molar-refractivity contribution in [3.63, 3.8) is 0 Å². The number of hydrogen-bond acceptors (Lipinski definition) is 10. The molecule has 0 aliphatic carbocycles. The molecule has 4 aromatic rings. The molecular weight excluding hydrogens is 739 g/mol. The van der Waals surface area contributed by atoms with Crippen LogP contribution in [0.3, 0.4) is 0 Å². The Hall–Kier alpha value is -4.37. The van der Waals surface area contributed by atoms with E-state index in [2.05, 4.69) is 20.9 Å². The summed E-state index contributed by atoms with van der Waals surface area (Å²) in [5.41, 5.74) is 4.99. The number of aliphatic hydroxyl groups excluding tert-OH is 1. The number of aliphatic hydroxyl groups is 1. The smallest absolute Gasteiger partial charge is 0.325 e. The van der Waals surface area contributed by atoms with Crippen LogP contribution in [0, 0.1) is 18.3 Å². The Bertz CT molecular complexity index is 2020. The third-order valence-electron chi connectivity index (χ3n) is 10.7. The van der Waals surface area contributed by atoms with Gasteiger partial charge >= 0.3 is 5.97 Å². The topological polar surface area (TPSA) is 117 Å². The normalized spacial score (nSPS) is 18.8.